The van der Waals surface area contributed by atoms with E-state index in [1.165, 1.54) is 12.5 Å². The average molecular weight is 422 g/mol. The summed E-state index contributed by atoms with van der Waals surface area (Å²) in [4.78, 5) is 52.8. The van der Waals surface area contributed by atoms with Crippen molar-refractivity contribution in [2.45, 2.75) is 32.2 Å². The van der Waals surface area contributed by atoms with Gasteiger partial charge in [0.25, 0.3) is 5.91 Å². The molecule has 1 aliphatic carbocycles. The van der Waals surface area contributed by atoms with E-state index in [1.807, 2.05) is 48.6 Å². The molecule has 1 fully saturated rings. The molecule has 2 heterocycles. The van der Waals surface area contributed by atoms with Crippen LogP contribution in [0, 0.1) is 11.8 Å². The number of benzene rings is 1. The molecule has 7 nitrogen and oxygen atoms in total. The van der Waals surface area contributed by atoms with Crippen molar-refractivity contribution in [3.05, 3.63) is 54.1 Å². The van der Waals surface area contributed by atoms with Gasteiger partial charge < -0.3 is 9.64 Å². The van der Waals surface area contributed by atoms with Gasteiger partial charge in [-0.15, -0.1) is 0 Å². The van der Waals surface area contributed by atoms with E-state index in [0.29, 0.717) is 25.9 Å². The molecule has 2 aliphatic heterocycles. The number of rotatable bonds is 5. The molecule has 3 atom stereocenters. The number of hydrogen-bond donors (Lipinski definition) is 0. The van der Waals surface area contributed by atoms with E-state index >= 15 is 0 Å². The molecule has 0 spiro atoms. The van der Waals surface area contributed by atoms with Crippen LogP contribution >= 0.6 is 0 Å². The van der Waals surface area contributed by atoms with Crippen LogP contribution in [0.2, 0.25) is 0 Å². The Morgan fingerprint density at radius 3 is 2.29 bits per heavy atom. The van der Waals surface area contributed by atoms with Crippen LogP contribution in [0.4, 0.5) is 0 Å². The minimum absolute atomic E-state index is 0.291. The van der Waals surface area contributed by atoms with Crippen LogP contribution in [-0.2, 0) is 23.9 Å². The van der Waals surface area contributed by atoms with Crippen LogP contribution in [0.5, 0.6) is 0 Å². The van der Waals surface area contributed by atoms with Crippen LogP contribution in [0.1, 0.15) is 31.7 Å². The molecule has 1 aromatic rings. The van der Waals surface area contributed by atoms with Gasteiger partial charge >= 0.3 is 5.97 Å². The van der Waals surface area contributed by atoms with Crippen molar-refractivity contribution >= 4 is 29.3 Å². The van der Waals surface area contributed by atoms with Crippen molar-refractivity contribution in [3.8, 4) is 0 Å². The van der Waals surface area contributed by atoms with Crippen LogP contribution in [-0.4, -0.2) is 59.2 Å². The fraction of sp³-hybridized carbons (Fsp3) is 0.417. The van der Waals surface area contributed by atoms with E-state index in [4.69, 9.17) is 4.74 Å². The van der Waals surface area contributed by atoms with Gasteiger partial charge in [-0.3, -0.25) is 19.3 Å². The normalized spacial score (nSPS) is 24.0. The molecule has 1 aromatic carbocycles. The van der Waals surface area contributed by atoms with Crippen molar-refractivity contribution in [2.75, 3.05) is 19.7 Å². The van der Waals surface area contributed by atoms with Gasteiger partial charge in [0.1, 0.15) is 6.04 Å². The van der Waals surface area contributed by atoms with Gasteiger partial charge in [-0.25, -0.2) is 4.79 Å². The quantitative estimate of drug-likeness (QED) is 0.413. The van der Waals surface area contributed by atoms with Crippen molar-refractivity contribution in [3.63, 3.8) is 0 Å². The summed E-state index contributed by atoms with van der Waals surface area (Å²) >= 11 is 0. The predicted molar refractivity (Wildman–Crippen MR) is 113 cm³/mol. The number of fused-ring (bicyclic) bond motifs is 1. The average Bonchev–Trinajstić information content (AvgIpc) is 3.07. The van der Waals surface area contributed by atoms with Crippen molar-refractivity contribution in [2.24, 2.45) is 11.8 Å². The fourth-order valence-electron chi connectivity index (χ4n) is 4.47. The second-order valence-corrected chi connectivity index (χ2v) is 8.17. The van der Waals surface area contributed by atoms with Gasteiger partial charge in [0.2, 0.25) is 11.8 Å². The third-order valence-corrected chi connectivity index (χ3v) is 6.31. The Balaban J connectivity index is 1.30. The van der Waals surface area contributed by atoms with E-state index in [0.717, 1.165) is 16.9 Å². The molecule has 0 radical (unpaired) electrons. The highest BCUT2D eigenvalue weighted by Gasteiger charge is 2.50. The minimum atomic E-state index is -1.04. The summed E-state index contributed by atoms with van der Waals surface area (Å²) in [5.41, 5.74) is 2.34. The number of ether oxygens (including phenoxy) is 1. The number of likely N-dealkylation sites (tertiary alicyclic amines) is 1. The van der Waals surface area contributed by atoms with E-state index < -0.39 is 30.5 Å². The van der Waals surface area contributed by atoms with Gasteiger partial charge in [-0.2, -0.15) is 0 Å². The lowest BCUT2D eigenvalue weighted by molar-refractivity contribution is -0.161. The Hall–Kier alpha value is -3.22. The molecule has 7 heteroatoms. The van der Waals surface area contributed by atoms with E-state index in [2.05, 4.69) is 0 Å². The molecule has 0 aromatic heterocycles. The van der Waals surface area contributed by atoms with Gasteiger partial charge in [-0.1, -0.05) is 48.6 Å². The summed E-state index contributed by atoms with van der Waals surface area (Å²) in [7, 11) is 0. The summed E-state index contributed by atoms with van der Waals surface area (Å²) < 4.78 is 5.18. The Bertz CT molecular complexity index is 926. The molecule has 1 saturated heterocycles. The zero-order valence-corrected chi connectivity index (χ0v) is 17.5. The second kappa shape index (κ2) is 8.88. The summed E-state index contributed by atoms with van der Waals surface area (Å²) in [5, 5.41) is 0. The van der Waals surface area contributed by atoms with Gasteiger partial charge in [0.05, 0.1) is 11.8 Å². The maximum Gasteiger partial charge on any atom is 0.329 e. The number of nitrogens with zero attached hydrogens (tertiary/aromatic N) is 2. The number of hydrogen-bond acceptors (Lipinski definition) is 5. The predicted octanol–water partition coefficient (Wildman–Crippen LogP) is 2.19. The first-order valence-electron chi connectivity index (χ1n) is 10.7. The number of carbonyl (C=O) groups is 4. The molecule has 4 rings (SSSR count). The maximum absolute atomic E-state index is 12.6. The Morgan fingerprint density at radius 2 is 1.71 bits per heavy atom. The largest absolute Gasteiger partial charge is 0.454 e. The topological polar surface area (TPSA) is 84.0 Å². The summed E-state index contributed by atoms with van der Waals surface area (Å²) in [5.74, 6) is -2.48. The molecular formula is C24H26N2O5. The zero-order valence-electron chi connectivity index (χ0n) is 17.5. The van der Waals surface area contributed by atoms with E-state index in [9.17, 15) is 19.2 Å². The van der Waals surface area contributed by atoms with Crippen LogP contribution < -0.4 is 0 Å². The standard InChI is InChI=1S/C24H26N2O5/c1-16(26-22(28)19-9-5-6-10-20(19)23(26)29)24(30)31-15-21(27)25-13-11-18(12-14-25)17-7-3-2-4-8-17/h2-8,11,16,19-20H,9-10,12-15H2,1H3/t16-,19+,20+/m0/s1. The lowest BCUT2D eigenvalue weighted by Crippen LogP contribution is -2.45. The third-order valence-electron chi connectivity index (χ3n) is 6.31. The summed E-state index contributed by atoms with van der Waals surface area (Å²) in [6.07, 6.45) is 7.56. The fourth-order valence-corrected chi connectivity index (χ4v) is 4.47. The zero-order chi connectivity index (χ0) is 22.0. The molecule has 0 unspecified atom stereocenters. The van der Waals surface area contributed by atoms with Crippen molar-refractivity contribution in [1.29, 1.82) is 0 Å². The second-order valence-electron chi connectivity index (χ2n) is 8.17. The highest BCUT2D eigenvalue weighted by atomic mass is 16.5. The number of esters is 1. The monoisotopic (exact) mass is 422 g/mol. The lowest BCUT2D eigenvalue weighted by Gasteiger charge is -2.27. The van der Waals surface area contributed by atoms with Crippen LogP contribution in [0.3, 0.4) is 0 Å². The molecule has 0 bridgehead atoms. The first kappa shape index (κ1) is 21.0. The van der Waals surface area contributed by atoms with E-state index in [-0.39, 0.29) is 17.7 Å². The van der Waals surface area contributed by atoms with E-state index in [1.54, 1.807) is 4.90 Å². The summed E-state index contributed by atoms with van der Waals surface area (Å²) in [6.45, 7) is 2.08. The molecular weight excluding hydrogens is 396 g/mol. The smallest absolute Gasteiger partial charge is 0.329 e. The van der Waals surface area contributed by atoms with Gasteiger partial charge in [0, 0.05) is 13.1 Å². The SMILES string of the molecule is C[C@@H](C(=O)OCC(=O)N1CC=C(c2ccccc2)CC1)N1C(=O)[C@@H]2CC=CC[C@H]2C1=O. The van der Waals surface area contributed by atoms with Gasteiger partial charge in [0.15, 0.2) is 6.61 Å². The third kappa shape index (κ3) is 4.17. The van der Waals surface area contributed by atoms with Crippen molar-refractivity contribution < 1.29 is 23.9 Å². The highest BCUT2D eigenvalue weighted by molar-refractivity contribution is 6.08. The van der Waals surface area contributed by atoms with Crippen LogP contribution in [0.25, 0.3) is 5.57 Å². The number of allylic oxidation sites excluding steroid dienone is 2. The Kier molecular flexibility index (Phi) is 6.02. The molecule has 3 amide bonds. The minimum Gasteiger partial charge on any atom is -0.454 e. The first-order valence-corrected chi connectivity index (χ1v) is 10.7. The molecule has 3 aliphatic rings. The molecule has 0 N–H and O–H groups in total. The van der Waals surface area contributed by atoms with Crippen LogP contribution in [0.15, 0.2) is 48.6 Å². The Morgan fingerprint density at radius 1 is 1.06 bits per heavy atom. The molecule has 31 heavy (non-hydrogen) atoms. The highest BCUT2D eigenvalue weighted by Crippen LogP contribution is 2.36. The Labute approximate surface area is 181 Å². The van der Waals surface area contributed by atoms with Crippen molar-refractivity contribution in [1.82, 2.24) is 9.80 Å². The molecule has 162 valence electrons. The summed E-state index contributed by atoms with van der Waals surface area (Å²) in [6, 6.07) is 8.97. The number of carbonyl (C=O) groups excluding carboxylic acids is 4. The molecule has 0 saturated carbocycles. The van der Waals surface area contributed by atoms with Gasteiger partial charge in [-0.05, 0) is 37.3 Å². The number of imide groups is 1. The lowest BCUT2D eigenvalue weighted by atomic mass is 9.85. The first-order chi connectivity index (χ1) is 15.0. The maximum atomic E-state index is 12.6. The number of amides is 3.